The Labute approximate surface area is 181 Å². The summed E-state index contributed by atoms with van der Waals surface area (Å²) in [6, 6.07) is 17.1. The van der Waals surface area contributed by atoms with Crippen LogP contribution in [-0.4, -0.2) is 34.4 Å². The molecule has 0 saturated carbocycles. The van der Waals surface area contributed by atoms with Gasteiger partial charge in [0.1, 0.15) is 11.6 Å². The predicted molar refractivity (Wildman–Crippen MR) is 110 cm³/mol. The largest absolute Gasteiger partial charge is 0.467 e. The van der Waals surface area contributed by atoms with Crippen LogP contribution in [0.4, 0.5) is 13.2 Å². The highest BCUT2D eigenvalue weighted by Crippen LogP contribution is 2.39. The standard InChI is InChI=1S/C23H18F3N3O3/c1-15-7-5-10-17(13-15)20(30)28-22(23(24,25)26)21(31)29(14-18-11-6-12-32-18)19(27-22)16-8-3-2-4-9-16/h2-13H,14H2,1H3,(H,28,30)/t22-/m1/s1. The number of rotatable bonds is 5. The summed E-state index contributed by atoms with van der Waals surface area (Å²) in [6.45, 7) is 1.42. The van der Waals surface area contributed by atoms with Crippen LogP contribution in [0.5, 0.6) is 0 Å². The molecular weight excluding hydrogens is 423 g/mol. The molecule has 1 atom stereocenters. The van der Waals surface area contributed by atoms with E-state index in [-0.39, 0.29) is 23.7 Å². The maximum atomic E-state index is 14.4. The Balaban J connectivity index is 1.81. The Bertz CT molecular complexity index is 1170. The molecule has 32 heavy (non-hydrogen) atoms. The summed E-state index contributed by atoms with van der Waals surface area (Å²) in [5, 5.41) is 1.86. The van der Waals surface area contributed by atoms with Crippen molar-refractivity contribution in [2.45, 2.75) is 25.3 Å². The second kappa shape index (κ2) is 7.99. The summed E-state index contributed by atoms with van der Waals surface area (Å²) < 4.78 is 48.3. The van der Waals surface area contributed by atoms with Gasteiger partial charge in [0.2, 0.25) is 0 Å². The third-order valence-corrected chi connectivity index (χ3v) is 4.99. The number of carbonyl (C=O) groups is 2. The highest BCUT2D eigenvalue weighted by atomic mass is 19.4. The minimum absolute atomic E-state index is 0.0117. The van der Waals surface area contributed by atoms with Crippen molar-refractivity contribution in [2.24, 2.45) is 4.99 Å². The minimum atomic E-state index is -5.19. The number of amides is 2. The highest BCUT2D eigenvalue weighted by Gasteiger charge is 2.67. The Morgan fingerprint density at radius 3 is 2.47 bits per heavy atom. The molecule has 2 heterocycles. The number of hydrogen-bond acceptors (Lipinski definition) is 4. The SMILES string of the molecule is Cc1cccc(C(=O)N[C@]2(C(F)(F)F)N=C(c3ccccc3)N(Cc3ccco3)C2=O)c1. The fraction of sp³-hybridized carbons (Fsp3) is 0.174. The molecule has 0 radical (unpaired) electrons. The first-order valence-electron chi connectivity index (χ1n) is 9.67. The van der Waals surface area contributed by atoms with Crippen molar-refractivity contribution < 1.29 is 27.2 Å². The van der Waals surface area contributed by atoms with Crippen molar-refractivity contribution in [3.8, 4) is 0 Å². The van der Waals surface area contributed by atoms with Gasteiger partial charge in [-0.05, 0) is 31.2 Å². The Hall–Kier alpha value is -3.88. The zero-order valence-electron chi connectivity index (χ0n) is 16.9. The lowest BCUT2D eigenvalue weighted by atomic mass is 10.1. The van der Waals surface area contributed by atoms with Crippen molar-refractivity contribution in [3.63, 3.8) is 0 Å². The molecule has 1 aliphatic heterocycles. The van der Waals surface area contributed by atoms with E-state index in [1.54, 1.807) is 43.3 Å². The summed E-state index contributed by atoms with van der Waals surface area (Å²) in [5.41, 5.74) is -2.50. The fourth-order valence-electron chi connectivity index (χ4n) is 3.43. The van der Waals surface area contributed by atoms with Crippen molar-refractivity contribution in [1.82, 2.24) is 10.2 Å². The highest BCUT2D eigenvalue weighted by molar-refractivity contribution is 6.16. The molecule has 2 aromatic carbocycles. The lowest BCUT2D eigenvalue weighted by Gasteiger charge is -2.29. The molecule has 6 nitrogen and oxygen atoms in total. The molecule has 0 saturated heterocycles. The van der Waals surface area contributed by atoms with E-state index < -0.39 is 23.7 Å². The quantitative estimate of drug-likeness (QED) is 0.649. The number of aliphatic imine (C=N–C) groups is 1. The molecule has 164 valence electrons. The van der Waals surface area contributed by atoms with E-state index >= 15 is 0 Å². The summed E-state index contributed by atoms with van der Waals surface area (Å²) in [4.78, 5) is 30.7. The van der Waals surface area contributed by atoms with Crippen LogP contribution in [-0.2, 0) is 11.3 Å². The first kappa shape index (κ1) is 21.4. The van der Waals surface area contributed by atoms with Crippen molar-refractivity contribution in [1.29, 1.82) is 0 Å². The molecule has 1 aliphatic rings. The molecule has 0 bridgehead atoms. The lowest BCUT2D eigenvalue weighted by Crippen LogP contribution is -2.63. The number of nitrogens with one attached hydrogen (secondary N) is 1. The second-order valence-electron chi connectivity index (χ2n) is 7.30. The molecule has 2 amide bonds. The van der Waals surface area contributed by atoms with E-state index in [4.69, 9.17) is 4.42 Å². The van der Waals surface area contributed by atoms with Gasteiger partial charge in [-0.25, -0.2) is 4.99 Å². The van der Waals surface area contributed by atoms with Crippen LogP contribution in [0.3, 0.4) is 0 Å². The predicted octanol–water partition coefficient (Wildman–Crippen LogP) is 4.07. The molecule has 1 aromatic heterocycles. The van der Waals surface area contributed by atoms with Gasteiger partial charge in [-0.15, -0.1) is 0 Å². The molecule has 3 aromatic rings. The van der Waals surface area contributed by atoms with Crippen molar-refractivity contribution in [2.75, 3.05) is 0 Å². The Morgan fingerprint density at radius 1 is 1.09 bits per heavy atom. The van der Waals surface area contributed by atoms with Gasteiger partial charge in [-0.3, -0.25) is 14.5 Å². The third kappa shape index (κ3) is 3.77. The summed E-state index contributed by atoms with van der Waals surface area (Å²) in [6.07, 6.45) is -3.84. The van der Waals surface area contributed by atoms with Crippen LogP contribution in [0.15, 0.2) is 82.4 Å². The van der Waals surface area contributed by atoms with Crippen LogP contribution in [0.25, 0.3) is 0 Å². The zero-order chi connectivity index (χ0) is 22.9. The van der Waals surface area contributed by atoms with Gasteiger partial charge in [0, 0.05) is 11.1 Å². The van der Waals surface area contributed by atoms with Crippen LogP contribution >= 0.6 is 0 Å². The molecule has 0 aliphatic carbocycles. The number of nitrogens with zero attached hydrogens (tertiary/aromatic N) is 2. The Morgan fingerprint density at radius 2 is 1.84 bits per heavy atom. The zero-order valence-corrected chi connectivity index (χ0v) is 16.9. The topological polar surface area (TPSA) is 74.9 Å². The van der Waals surface area contributed by atoms with Gasteiger partial charge in [0.15, 0.2) is 0 Å². The average molecular weight is 441 g/mol. The molecule has 1 N–H and O–H groups in total. The number of alkyl halides is 3. The van der Waals surface area contributed by atoms with Gasteiger partial charge < -0.3 is 9.73 Å². The van der Waals surface area contributed by atoms with E-state index in [0.29, 0.717) is 11.1 Å². The molecule has 9 heteroatoms. The molecule has 0 unspecified atom stereocenters. The number of amidine groups is 1. The van der Waals surface area contributed by atoms with Crippen LogP contribution < -0.4 is 5.32 Å². The van der Waals surface area contributed by atoms with Crippen molar-refractivity contribution in [3.05, 3.63) is 95.4 Å². The first-order valence-corrected chi connectivity index (χ1v) is 9.67. The van der Waals surface area contributed by atoms with E-state index in [9.17, 15) is 22.8 Å². The number of hydrogen-bond donors (Lipinski definition) is 1. The number of furan rings is 1. The number of aryl methyl sites for hydroxylation is 1. The van der Waals surface area contributed by atoms with Gasteiger partial charge in [0.05, 0.1) is 12.8 Å². The lowest BCUT2D eigenvalue weighted by molar-refractivity contribution is -0.196. The van der Waals surface area contributed by atoms with Gasteiger partial charge in [-0.2, -0.15) is 13.2 Å². The van der Waals surface area contributed by atoms with Crippen LogP contribution in [0.2, 0.25) is 0 Å². The molecule has 4 rings (SSSR count). The van der Waals surface area contributed by atoms with Crippen LogP contribution in [0, 0.1) is 6.92 Å². The van der Waals surface area contributed by atoms with Gasteiger partial charge in [-0.1, -0.05) is 48.0 Å². The van der Waals surface area contributed by atoms with Crippen LogP contribution in [0.1, 0.15) is 27.2 Å². The fourth-order valence-corrected chi connectivity index (χ4v) is 3.43. The van der Waals surface area contributed by atoms with E-state index in [0.717, 1.165) is 4.90 Å². The van der Waals surface area contributed by atoms with Crippen molar-refractivity contribution >= 4 is 17.6 Å². The average Bonchev–Trinajstić information content (AvgIpc) is 3.37. The minimum Gasteiger partial charge on any atom is -0.467 e. The Kier molecular flexibility index (Phi) is 5.33. The maximum absolute atomic E-state index is 14.4. The molecule has 0 fully saturated rings. The number of carbonyl (C=O) groups excluding carboxylic acids is 2. The second-order valence-corrected chi connectivity index (χ2v) is 7.30. The monoisotopic (exact) mass is 441 g/mol. The number of halogens is 3. The molecule has 0 spiro atoms. The normalized spacial score (nSPS) is 18.6. The van der Waals surface area contributed by atoms with Gasteiger partial charge in [0.25, 0.3) is 11.8 Å². The smallest absolute Gasteiger partial charge is 0.442 e. The third-order valence-electron chi connectivity index (χ3n) is 4.99. The number of benzene rings is 2. The van der Waals surface area contributed by atoms with Gasteiger partial charge >= 0.3 is 11.8 Å². The van der Waals surface area contributed by atoms with E-state index in [1.807, 2.05) is 5.32 Å². The summed E-state index contributed by atoms with van der Waals surface area (Å²) in [7, 11) is 0. The molecular formula is C23H18F3N3O3. The first-order chi connectivity index (χ1) is 15.2. The van der Waals surface area contributed by atoms with E-state index in [1.165, 1.54) is 36.6 Å². The van der Waals surface area contributed by atoms with E-state index in [2.05, 4.69) is 4.99 Å². The summed E-state index contributed by atoms with van der Waals surface area (Å²) >= 11 is 0. The maximum Gasteiger partial charge on any atom is 0.442 e. The summed E-state index contributed by atoms with van der Waals surface area (Å²) in [5.74, 6) is -2.42.